The van der Waals surface area contributed by atoms with Crippen LogP contribution in [0.25, 0.3) is 0 Å². The first-order valence-corrected chi connectivity index (χ1v) is 6.13. The summed E-state index contributed by atoms with van der Waals surface area (Å²) in [5, 5.41) is 0. The zero-order chi connectivity index (χ0) is 12.2. The van der Waals surface area contributed by atoms with Crippen LogP contribution < -0.4 is 18.6 Å². The van der Waals surface area contributed by atoms with Crippen molar-refractivity contribution in [2.24, 2.45) is 0 Å². The molecule has 90 valence electrons. The molecule has 2 rings (SSSR count). The Hall–Kier alpha value is -0.720. The first-order chi connectivity index (χ1) is 7.36. The molecule has 1 aromatic rings. The van der Waals surface area contributed by atoms with Crippen LogP contribution in [0.5, 0.6) is 0 Å². The molecule has 0 radical (unpaired) electrons. The molecular formula is C10H13ClO5. The van der Waals surface area contributed by atoms with Crippen molar-refractivity contribution in [2.75, 3.05) is 0 Å². The molecule has 16 heavy (non-hydrogen) atoms. The van der Waals surface area contributed by atoms with Crippen LogP contribution in [0, 0.1) is 17.2 Å². The van der Waals surface area contributed by atoms with E-state index in [9.17, 15) is 0 Å². The second kappa shape index (κ2) is 5.56. The van der Waals surface area contributed by atoms with Gasteiger partial charge in [0.2, 0.25) is 0 Å². The van der Waals surface area contributed by atoms with Gasteiger partial charge in [0.05, 0.1) is 18.9 Å². The van der Waals surface area contributed by atoms with E-state index in [2.05, 4.69) is 12.1 Å². The molecule has 5 nitrogen and oxygen atoms in total. The topological polar surface area (TPSA) is 104 Å². The lowest BCUT2D eigenvalue weighted by atomic mass is 9.97. The van der Waals surface area contributed by atoms with E-state index in [1.54, 1.807) is 0 Å². The first-order valence-electron chi connectivity index (χ1n) is 4.89. The lowest BCUT2D eigenvalue weighted by Gasteiger charge is -2.17. The molecule has 1 aromatic heterocycles. The highest BCUT2D eigenvalue weighted by molar-refractivity contribution is 5.21. The molecule has 6 heteroatoms. The smallest absolute Gasteiger partial charge is 0.222 e. The number of fused-ring (bicyclic) bond motifs is 1. The Balaban J connectivity index is 0.000000221. The van der Waals surface area contributed by atoms with Crippen LogP contribution in [0.1, 0.15) is 29.9 Å². The zero-order valence-corrected chi connectivity index (χ0v) is 9.66. The molecular weight excluding hydrogens is 236 g/mol. The van der Waals surface area contributed by atoms with Crippen molar-refractivity contribution >= 4 is 0 Å². The third kappa shape index (κ3) is 5.39. The minimum atomic E-state index is -4.94. The van der Waals surface area contributed by atoms with Crippen molar-refractivity contribution in [3.05, 3.63) is 29.2 Å². The van der Waals surface area contributed by atoms with E-state index in [0.717, 1.165) is 12.2 Å². The molecule has 0 fully saturated rings. The van der Waals surface area contributed by atoms with Crippen molar-refractivity contribution < 1.29 is 33.3 Å². The standard InChI is InChI=1S/C10H13O.ClHO4/c1-8-6-7-9-4-2-3-5-10(9)11-8;2-1(3,4)5/h6-7H,2-5H2,1H3;(H,2,3,4,5)/q+1;/p-1. The van der Waals surface area contributed by atoms with Crippen molar-refractivity contribution in [1.29, 1.82) is 0 Å². The Morgan fingerprint density at radius 3 is 2.25 bits per heavy atom. The van der Waals surface area contributed by atoms with Gasteiger partial charge in [-0.1, -0.05) is 0 Å². The molecule has 1 aliphatic carbocycles. The maximum absolute atomic E-state index is 8.49. The van der Waals surface area contributed by atoms with Gasteiger partial charge in [-0.05, 0) is 25.3 Å². The Labute approximate surface area is 95.7 Å². The molecule has 0 bridgehead atoms. The second-order valence-corrected chi connectivity index (χ2v) is 4.34. The van der Waals surface area contributed by atoms with Gasteiger partial charge in [0.15, 0.2) is 0 Å². The van der Waals surface area contributed by atoms with Gasteiger partial charge >= 0.3 is 11.5 Å². The number of hydrogen-bond acceptors (Lipinski definition) is 4. The van der Waals surface area contributed by atoms with Crippen LogP contribution in [0.15, 0.2) is 16.5 Å². The van der Waals surface area contributed by atoms with Gasteiger partial charge in [0.25, 0.3) is 0 Å². The Morgan fingerprint density at radius 2 is 1.62 bits per heavy atom. The fourth-order valence-corrected chi connectivity index (χ4v) is 1.64. The molecule has 0 saturated heterocycles. The maximum atomic E-state index is 8.49. The fourth-order valence-electron chi connectivity index (χ4n) is 1.64. The molecule has 0 saturated carbocycles. The normalized spacial score (nSPS) is 14.8. The summed E-state index contributed by atoms with van der Waals surface area (Å²) >= 11 is 0. The lowest BCUT2D eigenvalue weighted by molar-refractivity contribution is -2.00. The largest absolute Gasteiger partial charge is 0.332 e. The van der Waals surface area contributed by atoms with E-state index >= 15 is 0 Å². The average Bonchev–Trinajstić information content (AvgIpc) is 2.15. The predicted molar refractivity (Wildman–Crippen MR) is 44.5 cm³/mol. The van der Waals surface area contributed by atoms with Gasteiger partial charge in [-0.2, -0.15) is 0 Å². The Kier molecular flexibility index (Phi) is 4.64. The summed E-state index contributed by atoms with van der Waals surface area (Å²) in [5.74, 6) is 2.25. The molecule has 0 aromatic carbocycles. The van der Waals surface area contributed by atoms with Crippen molar-refractivity contribution in [2.45, 2.75) is 32.6 Å². The van der Waals surface area contributed by atoms with E-state index in [1.807, 2.05) is 6.92 Å². The van der Waals surface area contributed by atoms with Gasteiger partial charge in [0, 0.05) is 6.07 Å². The highest BCUT2D eigenvalue weighted by atomic mass is 35.7. The average molecular weight is 249 g/mol. The van der Waals surface area contributed by atoms with Crippen molar-refractivity contribution in [3.8, 4) is 0 Å². The summed E-state index contributed by atoms with van der Waals surface area (Å²) in [6.45, 7) is 2.01. The van der Waals surface area contributed by atoms with Crippen LogP contribution in [-0.2, 0) is 12.8 Å². The summed E-state index contributed by atoms with van der Waals surface area (Å²) in [7, 11) is -4.94. The highest BCUT2D eigenvalue weighted by Crippen LogP contribution is 2.21. The van der Waals surface area contributed by atoms with Crippen LogP contribution in [0.3, 0.4) is 0 Å². The third-order valence-electron chi connectivity index (χ3n) is 2.26. The monoisotopic (exact) mass is 248 g/mol. The quantitative estimate of drug-likeness (QED) is 0.494. The summed E-state index contributed by atoms with van der Waals surface area (Å²) < 4.78 is 39.6. The highest BCUT2D eigenvalue weighted by Gasteiger charge is 2.19. The number of halogens is 1. The van der Waals surface area contributed by atoms with Crippen molar-refractivity contribution in [1.82, 2.24) is 0 Å². The van der Waals surface area contributed by atoms with E-state index < -0.39 is 10.2 Å². The zero-order valence-electron chi connectivity index (χ0n) is 8.90. The third-order valence-corrected chi connectivity index (χ3v) is 2.26. The number of aryl methyl sites for hydroxylation is 3. The van der Waals surface area contributed by atoms with Gasteiger partial charge < -0.3 is 0 Å². The molecule has 0 amide bonds. The number of hydrogen-bond donors (Lipinski definition) is 0. The van der Waals surface area contributed by atoms with Crippen LogP contribution >= 0.6 is 0 Å². The molecule has 0 aliphatic heterocycles. The molecule has 0 unspecified atom stereocenters. The Morgan fingerprint density at radius 1 is 1.06 bits per heavy atom. The summed E-state index contributed by atoms with van der Waals surface area (Å²) in [5.41, 5.74) is 1.42. The van der Waals surface area contributed by atoms with Crippen molar-refractivity contribution in [3.63, 3.8) is 0 Å². The van der Waals surface area contributed by atoms with E-state index in [-0.39, 0.29) is 0 Å². The minimum absolute atomic E-state index is 1.03. The lowest BCUT2D eigenvalue weighted by Crippen LogP contribution is -2.68. The number of rotatable bonds is 0. The fraction of sp³-hybridized carbons (Fsp3) is 0.500. The van der Waals surface area contributed by atoms with E-state index in [1.165, 1.54) is 30.6 Å². The van der Waals surface area contributed by atoms with Gasteiger partial charge in [-0.3, -0.25) is 0 Å². The van der Waals surface area contributed by atoms with Gasteiger partial charge in [0.1, 0.15) is 0 Å². The summed E-state index contributed by atoms with van der Waals surface area (Å²) in [6.07, 6.45) is 4.96. The van der Waals surface area contributed by atoms with Crippen LogP contribution in [-0.4, -0.2) is 0 Å². The minimum Gasteiger partial charge on any atom is -0.222 e. The summed E-state index contributed by atoms with van der Waals surface area (Å²) in [4.78, 5) is 0. The van der Waals surface area contributed by atoms with Crippen LogP contribution in [0.4, 0.5) is 0 Å². The SMILES string of the molecule is Cc1ccc2c([o+]1)CCCC2.[O-][Cl+3]([O-])([O-])[O-]. The molecule has 1 aliphatic rings. The maximum Gasteiger partial charge on any atom is 0.332 e. The first kappa shape index (κ1) is 13.3. The molecule has 0 atom stereocenters. The van der Waals surface area contributed by atoms with E-state index in [0.29, 0.717) is 0 Å². The van der Waals surface area contributed by atoms with E-state index in [4.69, 9.17) is 23.1 Å². The van der Waals surface area contributed by atoms with Gasteiger partial charge in [-0.15, -0.1) is 10.2 Å². The second-order valence-electron chi connectivity index (χ2n) is 3.58. The molecule has 0 spiro atoms. The summed E-state index contributed by atoms with van der Waals surface area (Å²) in [6, 6.07) is 4.26. The molecule has 1 heterocycles. The van der Waals surface area contributed by atoms with Gasteiger partial charge in [-0.25, -0.2) is 23.1 Å². The van der Waals surface area contributed by atoms with Crippen LogP contribution in [0.2, 0.25) is 0 Å². The molecule has 0 N–H and O–H groups in total. The Bertz CT molecular complexity index is 342. The predicted octanol–water partition coefficient (Wildman–Crippen LogP) is -2.01.